The minimum absolute atomic E-state index is 0.0503. The summed E-state index contributed by atoms with van der Waals surface area (Å²) in [5.41, 5.74) is -1.13. The Bertz CT molecular complexity index is 657. The zero-order valence-electron chi connectivity index (χ0n) is 11.5. The predicted molar refractivity (Wildman–Crippen MR) is 75.9 cm³/mol. The van der Waals surface area contributed by atoms with Crippen LogP contribution < -0.4 is 4.90 Å². The van der Waals surface area contributed by atoms with E-state index in [1.807, 2.05) is 0 Å². The van der Waals surface area contributed by atoms with Crippen molar-refractivity contribution in [1.82, 2.24) is 0 Å². The van der Waals surface area contributed by atoms with E-state index in [1.165, 1.54) is 12.1 Å². The molecule has 1 aliphatic rings. The van der Waals surface area contributed by atoms with Crippen molar-refractivity contribution in [3.8, 4) is 0 Å². The first kappa shape index (κ1) is 15.3. The summed E-state index contributed by atoms with van der Waals surface area (Å²) in [6.45, 7) is 3.32. The van der Waals surface area contributed by atoms with Crippen molar-refractivity contribution in [1.29, 1.82) is 0 Å². The Morgan fingerprint density at radius 2 is 1.90 bits per heavy atom. The van der Waals surface area contributed by atoms with Gasteiger partial charge >= 0.3 is 12.1 Å². The molecular formula is C14H14ClNO5. The van der Waals surface area contributed by atoms with Crippen molar-refractivity contribution in [3.63, 3.8) is 0 Å². The van der Waals surface area contributed by atoms with Gasteiger partial charge in [0.2, 0.25) is 0 Å². The molecule has 1 aliphatic heterocycles. The van der Waals surface area contributed by atoms with Crippen LogP contribution >= 0.6 is 11.6 Å². The summed E-state index contributed by atoms with van der Waals surface area (Å²) in [5, 5.41) is 19.2. The number of carboxylic acid groups (broad SMARTS) is 2. The molecule has 0 spiro atoms. The third kappa shape index (κ3) is 1.82. The molecule has 21 heavy (non-hydrogen) atoms. The first-order chi connectivity index (χ1) is 9.82. The highest BCUT2D eigenvalue weighted by molar-refractivity contribution is 6.33. The fraction of sp³-hybridized carbons (Fsp3) is 0.357. The van der Waals surface area contributed by atoms with Gasteiger partial charge in [-0.1, -0.05) is 25.4 Å². The minimum atomic E-state index is -1.90. The van der Waals surface area contributed by atoms with E-state index in [2.05, 4.69) is 0 Å². The van der Waals surface area contributed by atoms with Gasteiger partial charge in [0.15, 0.2) is 5.41 Å². The molecule has 0 radical (unpaired) electrons. The molecular weight excluding hydrogens is 298 g/mol. The molecule has 0 aromatic heterocycles. The first-order valence-electron chi connectivity index (χ1n) is 6.45. The number of amides is 2. The summed E-state index contributed by atoms with van der Waals surface area (Å²) >= 11 is 6.10. The Morgan fingerprint density at radius 1 is 1.29 bits per heavy atom. The molecule has 1 unspecified atom stereocenters. The van der Waals surface area contributed by atoms with Crippen LogP contribution in [0.4, 0.5) is 10.5 Å². The Labute approximate surface area is 125 Å². The van der Waals surface area contributed by atoms with E-state index in [-0.39, 0.29) is 17.7 Å². The molecule has 2 rings (SSSR count). The van der Waals surface area contributed by atoms with Crippen molar-refractivity contribution >= 4 is 35.3 Å². The number of hydrogen-bond acceptors (Lipinski definition) is 3. The lowest BCUT2D eigenvalue weighted by atomic mass is 9.76. The quantitative estimate of drug-likeness (QED) is 0.837. The van der Waals surface area contributed by atoms with E-state index in [4.69, 9.17) is 11.6 Å². The second-order valence-corrected chi connectivity index (χ2v) is 5.17. The van der Waals surface area contributed by atoms with E-state index in [1.54, 1.807) is 13.8 Å². The number of anilines is 1. The van der Waals surface area contributed by atoms with Crippen molar-refractivity contribution in [2.75, 3.05) is 4.90 Å². The zero-order valence-corrected chi connectivity index (χ0v) is 12.3. The van der Waals surface area contributed by atoms with Crippen LogP contribution in [0, 0.1) is 0 Å². The molecule has 1 heterocycles. The van der Waals surface area contributed by atoms with Crippen LogP contribution in [-0.2, 0) is 21.4 Å². The Hall–Kier alpha value is -2.08. The third-order valence-corrected chi connectivity index (χ3v) is 4.26. The normalized spacial score (nSPS) is 20.5. The lowest BCUT2D eigenvalue weighted by Crippen LogP contribution is -2.47. The van der Waals surface area contributed by atoms with E-state index in [9.17, 15) is 24.6 Å². The van der Waals surface area contributed by atoms with Gasteiger partial charge in [0.1, 0.15) is 0 Å². The number of halogens is 1. The number of nitrogens with zero attached hydrogens (tertiary/aromatic N) is 1. The van der Waals surface area contributed by atoms with Crippen LogP contribution in [0.2, 0.25) is 5.02 Å². The van der Waals surface area contributed by atoms with Crippen LogP contribution in [0.3, 0.4) is 0 Å². The number of benzene rings is 1. The Balaban J connectivity index is 2.92. The maximum atomic E-state index is 12.5. The van der Waals surface area contributed by atoms with Crippen molar-refractivity contribution in [3.05, 3.63) is 28.3 Å². The Morgan fingerprint density at radius 3 is 2.33 bits per heavy atom. The summed E-state index contributed by atoms with van der Waals surface area (Å²) in [4.78, 5) is 36.2. The number of carbonyl (C=O) groups excluding carboxylic acids is 1. The van der Waals surface area contributed by atoms with Gasteiger partial charge in [0.05, 0.1) is 5.69 Å². The molecule has 6 nitrogen and oxygen atoms in total. The van der Waals surface area contributed by atoms with E-state index in [0.29, 0.717) is 21.9 Å². The van der Waals surface area contributed by atoms with Crippen LogP contribution in [0.25, 0.3) is 0 Å². The van der Waals surface area contributed by atoms with Crippen LogP contribution in [-0.4, -0.2) is 28.2 Å². The van der Waals surface area contributed by atoms with Gasteiger partial charge in [-0.05, 0) is 30.5 Å². The SMILES string of the molecule is CCc1c(Cl)ccc2c1C(CC)(C(=O)O)C(=O)N2C(=O)O. The smallest absolute Gasteiger partial charge is 0.418 e. The fourth-order valence-electron chi connectivity index (χ4n) is 2.89. The maximum absolute atomic E-state index is 12.5. The van der Waals surface area contributed by atoms with Crippen molar-refractivity contribution < 1.29 is 24.6 Å². The van der Waals surface area contributed by atoms with Crippen LogP contribution in [0.1, 0.15) is 31.4 Å². The fourth-order valence-corrected chi connectivity index (χ4v) is 3.18. The highest BCUT2D eigenvalue weighted by atomic mass is 35.5. The Kier molecular flexibility index (Phi) is 3.67. The highest BCUT2D eigenvalue weighted by Gasteiger charge is 2.58. The summed E-state index contributed by atoms with van der Waals surface area (Å²) in [6, 6.07) is 2.86. The first-order valence-corrected chi connectivity index (χ1v) is 6.83. The van der Waals surface area contributed by atoms with E-state index >= 15 is 0 Å². The van der Waals surface area contributed by atoms with E-state index < -0.39 is 23.4 Å². The zero-order chi connectivity index (χ0) is 15.9. The summed E-state index contributed by atoms with van der Waals surface area (Å²) in [7, 11) is 0. The van der Waals surface area contributed by atoms with E-state index in [0.717, 1.165) is 0 Å². The van der Waals surface area contributed by atoms with Gasteiger partial charge in [-0.2, -0.15) is 0 Å². The lowest BCUT2D eigenvalue weighted by Gasteiger charge is -2.23. The molecule has 0 fully saturated rings. The molecule has 7 heteroatoms. The molecule has 2 amide bonds. The summed E-state index contributed by atoms with van der Waals surface area (Å²) in [5.74, 6) is -2.33. The summed E-state index contributed by atoms with van der Waals surface area (Å²) < 4.78 is 0. The number of aliphatic carboxylic acids is 1. The topological polar surface area (TPSA) is 94.9 Å². The second kappa shape index (κ2) is 5.04. The number of hydrogen-bond donors (Lipinski definition) is 2. The number of rotatable bonds is 3. The lowest BCUT2D eigenvalue weighted by molar-refractivity contribution is -0.148. The van der Waals surface area contributed by atoms with Crippen LogP contribution in [0.15, 0.2) is 12.1 Å². The van der Waals surface area contributed by atoms with Gasteiger partial charge in [-0.25, -0.2) is 9.69 Å². The number of carboxylic acids is 1. The van der Waals surface area contributed by atoms with Crippen molar-refractivity contribution in [2.45, 2.75) is 32.1 Å². The molecule has 0 bridgehead atoms. The average Bonchev–Trinajstić information content (AvgIpc) is 2.68. The standard InChI is InChI=1S/C14H14ClNO5/c1-3-7-8(15)5-6-9-10(7)14(4-2,12(18)19)11(17)16(9)13(20)21/h5-6H,3-4H2,1-2H3,(H,18,19)(H,20,21). The monoisotopic (exact) mass is 311 g/mol. The molecule has 0 aliphatic carbocycles. The van der Waals surface area contributed by atoms with Crippen LogP contribution in [0.5, 0.6) is 0 Å². The maximum Gasteiger partial charge on any atom is 0.418 e. The largest absolute Gasteiger partial charge is 0.480 e. The molecule has 0 saturated carbocycles. The van der Waals surface area contributed by atoms with Gasteiger partial charge in [-0.3, -0.25) is 9.59 Å². The molecule has 2 N–H and O–H groups in total. The van der Waals surface area contributed by atoms with Gasteiger partial charge in [0.25, 0.3) is 5.91 Å². The average molecular weight is 312 g/mol. The predicted octanol–water partition coefficient (Wildman–Crippen LogP) is 2.66. The van der Waals surface area contributed by atoms with Gasteiger partial charge in [0, 0.05) is 10.6 Å². The number of imide groups is 1. The molecule has 1 aromatic rings. The summed E-state index contributed by atoms with van der Waals surface area (Å²) in [6.07, 6.45) is -1.15. The van der Waals surface area contributed by atoms with Gasteiger partial charge in [-0.15, -0.1) is 0 Å². The van der Waals surface area contributed by atoms with Gasteiger partial charge < -0.3 is 10.2 Å². The molecule has 1 atom stereocenters. The second-order valence-electron chi connectivity index (χ2n) is 4.76. The molecule has 1 aromatic carbocycles. The minimum Gasteiger partial charge on any atom is -0.480 e. The number of carbonyl (C=O) groups is 3. The third-order valence-electron chi connectivity index (χ3n) is 3.91. The highest BCUT2D eigenvalue weighted by Crippen LogP contribution is 2.48. The number of fused-ring (bicyclic) bond motifs is 1. The molecule has 112 valence electrons. The molecule has 0 saturated heterocycles. The van der Waals surface area contributed by atoms with Crippen molar-refractivity contribution in [2.24, 2.45) is 0 Å².